The van der Waals surface area contributed by atoms with Crippen molar-refractivity contribution in [2.45, 2.75) is 6.92 Å². The molecule has 1 aromatic carbocycles. The van der Waals surface area contributed by atoms with Gasteiger partial charge in [-0.25, -0.2) is 0 Å². The summed E-state index contributed by atoms with van der Waals surface area (Å²) in [4.78, 5) is 32.2. The number of hydrogen-bond donors (Lipinski definition) is 0. The second-order valence-corrected chi connectivity index (χ2v) is 4.12. The molecule has 1 aromatic heterocycles. The maximum absolute atomic E-state index is 11.4. The summed E-state index contributed by atoms with van der Waals surface area (Å²) < 4.78 is 1.16. The Morgan fingerprint density at radius 1 is 1.50 bits per heavy atom. The highest BCUT2D eigenvalue weighted by Gasteiger charge is 2.19. The number of carbonyl (C=O) groups is 2. The molecule has 0 atom stereocenters. The molecule has 0 aliphatic carbocycles. The van der Waals surface area contributed by atoms with Crippen molar-refractivity contribution in [1.29, 1.82) is 0 Å². The predicted molar refractivity (Wildman–Crippen MR) is 65.0 cm³/mol. The van der Waals surface area contributed by atoms with E-state index in [4.69, 9.17) is 11.8 Å². The van der Waals surface area contributed by atoms with Crippen molar-refractivity contribution in [1.82, 2.24) is 4.09 Å². The number of Topliss-reactive ketones (excluding diaryl/α,β-unsaturated/α-hetero) is 1. The van der Waals surface area contributed by atoms with Crippen molar-refractivity contribution < 1.29 is 14.5 Å². The third-order valence-electron chi connectivity index (χ3n) is 2.61. The van der Waals surface area contributed by atoms with Gasteiger partial charge in [0.1, 0.15) is 0 Å². The predicted octanol–water partition coefficient (Wildman–Crippen LogP) is 2.24. The first-order chi connectivity index (χ1) is 8.45. The number of fused-ring (bicyclic) bond motifs is 1. The molecule has 0 fully saturated rings. The number of aromatic nitrogens is 1. The van der Waals surface area contributed by atoms with E-state index in [9.17, 15) is 19.7 Å². The van der Waals surface area contributed by atoms with E-state index in [0.29, 0.717) is 16.5 Å². The number of hydrogen-bond acceptors (Lipinski definition) is 4. The van der Waals surface area contributed by atoms with Crippen LogP contribution in [0.2, 0.25) is 0 Å². The molecule has 0 N–H and O–H groups in total. The number of aldehydes is 1. The van der Waals surface area contributed by atoms with Gasteiger partial charge >= 0.3 is 0 Å². The minimum atomic E-state index is -0.765. The summed E-state index contributed by atoms with van der Waals surface area (Å²) >= 11 is 5.89. The summed E-state index contributed by atoms with van der Waals surface area (Å²) in [5.74, 6) is -0.765. The van der Waals surface area contributed by atoms with E-state index in [2.05, 4.69) is 0 Å². The van der Waals surface area contributed by atoms with Crippen molar-refractivity contribution in [2.24, 2.45) is 0 Å². The molecule has 0 aliphatic heterocycles. The monoisotopic (exact) mass is 266 g/mol. The van der Waals surface area contributed by atoms with Crippen LogP contribution in [0.5, 0.6) is 0 Å². The molecule has 0 amide bonds. The van der Waals surface area contributed by atoms with E-state index < -0.39 is 10.7 Å². The van der Waals surface area contributed by atoms with Gasteiger partial charge in [-0.15, -0.1) is 0 Å². The molecular formula is C11H7ClN2O4. The minimum absolute atomic E-state index is 0.0572. The molecule has 0 bridgehead atoms. The first-order valence-corrected chi connectivity index (χ1v) is 5.25. The standard InChI is InChI=1S/C11H7ClN2O4/c1-6-2-7(14(17)18)3-8-9(10(16)5-15)4-13(12)11(6)8/h2-5H,1H3. The lowest BCUT2D eigenvalue weighted by Crippen LogP contribution is -1.98. The quantitative estimate of drug-likeness (QED) is 0.280. The van der Waals surface area contributed by atoms with Gasteiger partial charge in [0.2, 0.25) is 5.78 Å². The molecule has 7 heteroatoms. The van der Waals surface area contributed by atoms with Crippen LogP contribution < -0.4 is 0 Å². The van der Waals surface area contributed by atoms with Crippen molar-refractivity contribution in [3.05, 3.63) is 39.6 Å². The largest absolute Gasteiger partial charge is 0.294 e. The Morgan fingerprint density at radius 2 is 2.17 bits per heavy atom. The Balaban J connectivity index is 2.87. The molecule has 0 radical (unpaired) electrons. The van der Waals surface area contributed by atoms with Crippen LogP contribution in [-0.2, 0) is 4.79 Å². The summed E-state index contributed by atoms with van der Waals surface area (Å²) in [6.45, 7) is 1.64. The minimum Gasteiger partial charge on any atom is -0.294 e. The highest BCUT2D eigenvalue weighted by Crippen LogP contribution is 2.30. The fourth-order valence-corrected chi connectivity index (χ4v) is 2.18. The smallest absolute Gasteiger partial charge is 0.270 e. The van der Waals surface area contributed by atoms with Gasteiger partial charge in [-0.05, 0) is 12.5 Å². The number of nitrogens with zero attached hydrogens (tertiary/aromatic N) is 2. The molecule has 2 aromatic rings. The van der Waals surface area contributed by atoms with Gasteiger partial charge in [0.25, 0.3) is 5.69 Å². The molecular weight excluding hydrogens is 260 g/mol. The maximum Gasteiger partial charge on any atom is 0.270 e. The number of carbonyl (C=O) groups excluding carboxylic acids is 2. The normalized spacial score (nSPS) is 10.6. The van der Waals surface area contributed by atoms with Crippen LogP contribution in [-0.4, -0.2) is 21.1 Å². The van der Waals surface area contributed by atoms with E-state index in [1.807, 2.05) is 0 Å². The van der Waals surface area contributed by atoms with Gasteiger partial charge in [-0.1, -0.05) is 0 Å². The van der Waals surface area contributed by atoms with Gasteiger partial charge in [0.05, 0.1) is 16.0 Å². The number of ketones is 1. The summed E-state index contributed by atoms with van der Waals surface area (Å²) in [5.41, 5.74) is 0.941. The number of benzene rings is 1. The Kier molecular flexibility index (Phi) is 2.88. The first-order valence-electron chi connectivity index (χ1n) is 4.91. The summed E-state index contributed by atoms with van der Waals surface area (Å²) in [6, 6.07) is 2.59. The lowest BCUT2D eigenvalue weighted by atomic mass is 10.1. The zero-order chi connectivity index (χ0) is 13.4. The molecule has 2 rings (SSSR count). The molecule has 92 valence electrons. The highest BCUT2D eigenvalue weighted by molar-refractivity contribution is 6.37. The Morgan fingerprint density at radius 3 is 2.72 bits per heavy atom. The number of nitro groups is 1. The Bertz CT molecular complexity index is 690. The van der Waals surface area contributed by atoms with E-state index in [-0.39, 0.29) is 17.5 Å². The Labute approximate surface area is 106 Å². The third kappa shape index (κ3) is 1.76. The van der Waals surface area contributed by atoms with Gasteiger partial charge in [0.15, 0.2) is 6.29 Å². The van der Waals surface area contributed by atoms with Gasteiger partial charge < -0.3 is 0 Å². The molecule has 18 heavy (non-hydrogen) atoms. The van der Waals surface area contributed by atoms with E-state index >= 15 is 0 Å². The zero-order valence-corrected chi connectivity index (χ0v) is 9.97. The number of aryl methyl sites for hydroxylation is 1. The molecule has 1 heterocycles. The van der Waals surface area contributed by atoms with Gasteiger partial charge in [0, 0.05) is 35.5 Å². The number of halogens is 1. The summed E-state index contributed by atoms with van der Waals surface area (Å²) in [6.07, 6.45) is 1.43. The van der Waals surface area contributed by atoms with E-state index in [1.54, 1.807) is 6.92 Å². The van der Waals surface area contributed by atoms with Crippen molar-refractivity contribution >= 4 is 40.4 Å². The fraction of sp³-hybridized carbons (Fsp3) is 0.0909. The molecule has 0 saturated heterocycles. The average Bonchev–Trinajstić information content (AvgIpc) is 2.66. The van der Waals surface area contributed by atoms with E-state index in [0.717, 1.165) is 4.09 Å². The van der Waals surface area contributed by atoms with Crippen LogP contribution >= 0.6 is 11.8 Å². The fourth-order valence-electron chi connectivity index (χ4n) is 1.86. The maximum atomic E-state index is 11.4. The van der Waals surface area contributed by atoms with E-state index in [1.165, 1.54) is 18.3 Å². The van der Waals surface area contributed by atoms with Gasteiger partial charge in [-0.2, -0.15) is 0 Å². The second kappa shape index (κ2) is 4.23. The highest BCUT2D eigenvalue weighted by atomic mass is 35.5. The third-order valence-corrected chi connectivity index (χ3v) is 2.88. The lowest BCUT2D eigenvalue weighted by Gasteiger charge is -1.99. The number of nitro benzene ring substituents is 1. The van der Waals surface area contributed by atoms with Crippen LogP contribution in [0.3, 0.4) is 0 Å². The van der Waals surface area contributed by atoms with Crippen molar-refractivity contribution in [3.63, 3.8) is 0 Å². The van der Waals surface area contributed by atoms with Crippen LogP contribution in [0.15, 0.2) is 18.3 Å². The number of non-ortho nitro benzene ring substituents is 1. The summed E-state index contributed by atoms with van der Waals surface area (Å²) in [7, 11) is 0. The van der Waals surface area contributed by atoms with Crippen molar-refractivity contribution in [2.75, 3.05) is 0 Å². The van der Waals surface area contributed by atoms with Crippen LogP contribution in [0, 0.1) is 17.0 Å². The SMILES string of the molecule is Cc1cc([N+](=O)[O-])cc2c(C(=O)C=O)cn(Cl)c12. The first kappa shape index (κ1) is 12.3. The van der Waals surface area contributed by atoms with Crippen LogP contribution in [0.4, 0.5) is 5.69 Å². The molecule has 6 nitrogen and oxygen atoms in total. The Hall–Kier alpha value is -2.21. The van der Waals surface area contributed by atoms with Crippen LogP contribution in [0.1, 0.15) is 15.9 Å². The molecule has 0 spiro atoms. The second-order valence-electron chi connectivity index (χ2n) is 3.75. The van der Waals surface area contributed by atoms with Gasteiger partial charge in [-0.3, -0.25) is 23.8 Å². The van der Waals surface area contributed by atoms with Crippen molar-refractivity contribution in [3.8, 4) is 0 Å². The number of rotatable bonds is 3. The molecule has 0 saturated carbocycles. The molecule has 0 unspecified atom stereocenters. The average molecular weight is 267 g/mol. The van der Waals surface area contributed by atoms with Crippen LogP contribution in [0.25, 0.3) is 10.9 Å². The zero-order valence-electron chi connectivity index (χ0n) is 9.21. The lowest BCUT2D eigenvalue weighted by molar-refractivity contribution is -0.384. The topological polar surface area (TPSA) is 82.2 Å². The molecule has 0 aliphatic rings. The summed E-state index contributed by atoms with van der Waals surface area (Å²) in [5, 5.41) is 11.1.